The van der Waals surface area contributed by atoms with E-state index in [-0.39, 0.29) is 0 Å². The van der Waals surface area contributed by atoms with Crippen molar-refractivity contribution in [2.45, 2.75) is 0 Å². The van der Waals surface area contributed by atoms with Gasteiger partial charge in [-0.3, -0.25) is 0 Å². The van der Waals surface area contributed by atoms with Gasteiger partial charge in [0.05, 0.1) is 0 Å². The topological polar surface area (TPSA) is 55.4 Å². The Labute approximate surface area is 87.5 Å². The molecule has 0 unspecified atom stereocenters. The summed E-state index contributed by atoms with van der Waals surface area (Å²) in [6.07, 6.45) is 0. The fourth-order valence-electron chi connectivity index (χ4n) is 1.52. The van der Waals surface area contributed by atoms with E-state index in [1.165, 1.54) is 0 Å². The monoisotopic (exact) mass is 198 g/mol. The first-order chi connectivity index (χ1) is 7.33. The number of hydrogen-bond donors (Lipinski definition) is 1. The van der Waals surface area contributed by atoms with Crippen molar-refractivity contribution < 1.29 is 0 Å². The fraction of sp³-hybridized carbons (Fsp3) is 0. The number of nitrogens with two attached hydrogens (primary N) is 1. The maximum Gasteiger partial charge on any atom is 0.115 e. The van der Waals surface area contributed by atoms with Crippen molar-refractivity contribution >= 4 is 11.4 Å². The van der Waals surface area contributed by atoms with Gasteiger partial charge in [0.25, 0.3) is 0 Å². The molecule has 3 nitrogen and oxygen atoms in total. The largest absolute Gasteiger partial charge is 0.398 e. The van der Waals surface area contributed by atoms with Gasteiger partial charge in [0.15, 0.2) is 0 Å². The summed E-state index contributed by atoms with van der Waals surface area (Å²) in [5, 5.41) is 2.98. The van der Waals surface area contributed by atoms with E-state index in [2.05, 4.69) is 5.18 Å². The summed E-state index contributed by atoms with van der Waals surface area (Å²) in [5.41, 5.74) is 8.50. The lowest BCUT2D eigenvalue weighted by molar-refractivity contribution is 1.48. The SMILES string of the molecule is Nc1ccccc1-c1ccccc1N=O. The number of nitrogens with zero attached hydrogens (tertiary/aromatic N) is 1. The zero-order chi connectivity index (χ0) is 10.7. The van der Waals surface area contributed by atoms with E-state index in [1.54, 1.807) is 18.2 Å². The first-order valence-corrected chi connectivity index (χ1v) is 4.60. The Morgan fingerprint density at radius 2 is 1.47 bits per heavy atom. The highest BCUT2D eigenvalue weighted by Crippen LogP contribution is 2.33. The van der Waals surface area contributed by atoms with Crippen molar-refractivity contribution in [2.75, 3.05) is 5.73 Å². The minimum absolute atomic E-state index is 0.412. The molecule has 0 aromatic heterocycles. The van der Waals surface area contributed by atoms with E-state index in [1.807, 2.05) is 30.3 Å². The number of nitroso groups, excluding NO2 is 1. The normalized spacial score (nSPS) is 9.87. The van der Waals surface area contributed by atoms with E-state index in [9.17, 15) is 4.91 Å². The average molecular weight is 198 g/mol. The maximum atomic E-state index is 10.6. The number of nitrogen functional groups attached to an aromatic ring is 1. The zero-order valence-electron chi connectivity index (χ0n) is 8.05. The van der Waals surface area contributed by atoms with Crippen LogP contribution in [-0.2, 0) is 0 Å². The molecule has 0 aliphatic rings. The third-order valence-electron chi connectivity index (χ3n) is 2.25. The van der Waals surface area contributed by atoms with Crippen LogP contribution in [0, 0.1) is 4.91 Å². The van der Waals surface area contributed by atoms with Crippen molar-refractivity contribution in [3.8, 4) is 11.1 Å². The molecule has 0 spiro atoms. The van der Waals surface area contributed by atoms with Crippen LogP contribution in [-0.4, -0.2) is 0 Å². The Bertz CT molecular complexity index is 494. The highest BCUT2D eigenvalue weighted by atomic mass is 16.3. The van der Waals surface area contributed by atoms with Crippen LogP contribution in [0.1, 0.15) is 0 Å². The van der Waals surface area contributed by atoms with E-state index in [0.717, 1.165) is 11.1 Å². The quantitative estimate of drug-likeness (QED) is 0.594. The molecule has 2 rings (SSSR count). The molecule has 0 saturated heterocycles. The van der Waals surface area contributed by atoms with Gasteiger partial charge in [-0.25, -0.2) is 0 Å². The molecule has 0 radical (unpaired) electrons. The summed E-state index contributed by atoms with van der Waals surface area (Å²) < 4.78 is 0. The molecular weight excluding hydrogens is 188 g/mol. The molecule has 0 atom stereocenters. The third kappa shape index (κ3) is 1.72. The lowest BCUT2D eigenvalue weighted by atomic mass is 10.0. The summed E-state index contributed by atoms with van der Waals surface area (Å²) >= 11 is 0. The van der Waals surface area contributed by atoms with Crippen LogP contribution in [0.3, 0.4) is 0 Å². The fourth-order valence-corrected chi connectivity index (χ4v) is 1.52. The van der Waals surface area contributed by atoms with Crippen molar-refractivity contribution in [2.24, 2.45) is 5.18 Å². The molecule has 0 aliphatic carbocycles. The predicted octanol–water partition coefficient (Wildman–Crippen LogP) is 3.33. The number of para-hydroxylation sites is 1. The second kappa shape index (κ2) is 3.92. The standard InChI is InChI=1S/C12H10N2O/c13-11-7-3-1-5-9(11)10-6-2-4-8-12(10)14-15/h1-8H,13H2. The second-order valence-electron chi connectivity index (χ2n) is 3.20. The Morgan fingerprint density at radius 1 is 0.867 bits per heavy atom. The van der Waals surface area contributed by atoms with Gasteiger partial charge in [0.2, 0.25) is 0 Å². The van der Waals surface area contributed by atoms with Gasteiger partial charge < -0.3 is 5.73 Å². The predicted molar refractivity (Wildman–Crippen MR) is 61.7 cm³/mol. The van der Waals surface area contributed by atoms with Gasteiger partial charge in [-0.2, -0.15) is 0 Å². The van der Waals surface area contributed by atoms with E-state index in [4.69, 9.17) is 5.73 Å². The van der Waals surface area contributed by atoms with Crippen molar-refractivity contribution in [1.82, 2.24) is 0 Å². The molecule has 2 N–H and O–H groups in total. The van der Waals surface area contributed by atoms with Gasteiger partial charge in [-0.15, -0.1) is 4.91 Å². The Kier molecular flexibility index (Phi) is 2.46. The molecule has 0 bridgehead atoms. The average Bonchev–Trinajstić information content (AvgIpc) is 2.30. The Morgan fingerprint density at radius 3 is 2.13 bits per heavy atom. The molecule has 3 heteroatoms. The Hall–Kier alpha value is -2.16. The lowest BCUT2D eigenvalue weighted by Gasteiger charge is -2.06. The molecule has 0 amide bonds. The van der Waals surface area contributed by atoms with Crippen molar-refractivity contribution in [3.63, 3.8) is 0 Å². The van der Waals surface area contributed by atoms with Gasteiger partial charge in [-0.05, 0) is 17.3 Å². The zero-order valence-corrected chi connectivity index (χ0v) is 8.05. The van der Waals surface area contributed by atoms with Gasteiger partial charge >= 0.3 is 0 Å². The molecule has 2 aromatic rings. The molecule has 0 aliphatic heterocycles. The number of hydrogen-bond acceptors (Lipinski definition) is 3. The van der Waals surface area contributed by atoms with Gasteiger partial charge in [0, 0.05) is 16.8 Å². The molecule has 2 aromatic carbocycles. The summed E-state index contributed by atoms with van der Waals surface area (Å²) in [6, 6.07) is 14.6. The minimum atomic E-state index is 0.412. The van der Waals surface area contributed by atoms with Crippen molar-refractivity contribution in [1.29, 1.82) is 0 Å². The minimum Gasteiger partial charge on any atom is -0.398 e. The summed E-state index contributed by atoms with van der Waals surface area (Å²) in [7, 11) is 0. The highest BCUT2D eigenvalue weighted by molar-refractivity contribution is 5.83. The molecule has 74 valence electrons. The van der Waals surface area contributed by atoms with Gasteiger partial charge in [-0.1, -0.05) is 36.4 Å². The molecule has 15 heavy (non-hydrogen) atoms. The maximum absolute atomic E-state index is 10.6. The van der Waals surface area contributed by atoms with Crippen LogP contribution in [0.5, 0.6) is 0 Å². The Balaban J connectivity index is 2.64. The smallest absolute Gasteiger partial charge is 0.115 e. The van der Waals surface area contributed by atoms with Gasteiger partial charge in [0.1, 0.15) is 5.69 Å². The van der Waals surface area contributed by atoms with Crippen LogP contribution in [0.25, 0.3) is 11.1 Å². The molecule has 0 saturated carbocycles. The van der Waals surface area contributed by atoms with E-state index in [0.29, 0.717) is 11.4 Å². The molecular formula is C12H10N2O. The van der Waals surface area contributed by atoms with Crippen molar-refractivity contribution in [3.05, 3.63) is 53.4 Å². The lowest BCUT2D eigenvalue weighted by Crippen LogP contribution is -1.89. The van der Waals surface area contributed by atoms with Crippen LogP contribution in [0.15, 0.2) is 53.7 Å². The molecule has 0 heterocycles. The summed E-state index contributed by atoms with van der Waals surface area (Å²) in [5.74, 6) is 0. The van der Waals surface area contributed by atoms with Crippen LogP contribution < -0.4 is 5.73 Å². The molecule has 0 fully saturated rings. The second-order valence-corrected chi connectivity index (χ2v) is 3.20. The van der Waals surface area contributed by atoms with E-state index >= 15 is 0 Å². The first-order valence-electron chi connectivity index (χ1n) is 4.60. The highest BCUT2D eigenvalue weighted by Gasteiger charge is 2.06. The van der Waals surface area contributed by atoms with Crippen LogP contribution >= 0.6 is 0 Å². The van der Waals surface area contributed by atoms with E-state index < -0.39 is 0 Å². The first kappa shape index (κ1) is 9.40. The summed E-state index contributed by atoms with van der Waals surface area (Å²) in [4.78, 5) is 10.6. The number of rotatable bonds is 2. The number of anilines is 1. The third-order valence-corrected chi connectivity index (χ3v) is 2.25. The number of benzene rings is 2. The summed E-state index contributed by atoms with van der Waals surface area (Å²) in [6.45, 7) is 0. The van der Waals surface area contributed by atoms with Crippen LogP contribution in [0.4, 0.5) is 11.4 Å². The van der Waals surface area contributed by atoms with Crippen LogP contribution in [0.2, 0.25) is 0 Å².